The molecule has 1 atom stereocenters. The Labute approximate surface area is 116 Å². The maximum absolute atomic E-state index is 10.7. The van der Waals surface area contributed by atoms with Crippen LogP contribution in [0.2, 0.25) is 0 Å². The molecule has 0 amide bonds. The van der Waals surface area contributed by atoms with E-state index in [1.54, 1.807) is 11.3 Å². The third-order valence-corrected chi connectivity index (χ3v) is 4.80. The Morgan fingerprint density at radius 2 is 2.26 bits per heavy atom. The van der Waals surface area contributed by atoms with E-state index in [1.807, 2.05) is 0 Å². The minimum atomic E-state index is -0.673. The van der Waals surface area contributed by atoms with E-state index in [0.717, 1.165) is 26.1 Å². The monoisotopic (exact) mass is 275 g/mol. The highest BCUT2D eigenvalue weighted by atomic mass is 32.1. The second-order valence-electron chi connectivity index (χ2n) is 5.24. The molecule has 1 fully saturated rings. The van der Waals surface area contributed by atoms with Crippen LogP contribution >= 0.6 is 11.3 Å². The van der Waals surface area contributed by atoms with Crippen LogP contribution in [0.25, 0.3) is 10.1 Å². The summed E-state index contributed by atoms with van der Waals surface area (Å²) in [4.78, 5) is 13.1. The maximum Gasteiger partial charge on any atom is 0.303 e. The molecule has 0 spiro atoms. The van der Waals surface area contributed by atoms with Crippen LogP contribution in [0.3, 0.4) is 0 Å². The summed E-state index contributed by atoms with van der Waals surface area (Å²) in [5.41, 5.74) is 1.37. The number of fused-ring (bicyclic) bond motifs is 1. The van der Waals surface area contributed by atoms with Crippen LogP contribution in [0.4, 0.5) is 0 Å². The zero-order valence-electron chi connectivity index (χ0n) is 10.7. The molecule has 19 heavy (non-hydrogen) atoms. The molecule has 0 saturated carbocycles. The van der Waals surface area contributed by atoms with E-state index in [4.69, 9.17) is 5.11 Å². The number of aliphatic carboxylic acids is 1. The summed E-state index contributed by atoms with van der Waals surface area (Å²) < 4.78 is 1.33. The number of carboxylic acid groups (broad SMARTS) is 1. The second kappa shape index (κ2) is 5.31. The van der Waals surface area contributed by atoms with Gasteiger partial charge in [-0.3, -0.25) is 9.69 Å². The highest BCUT2D eigenvalue weighted by Gasteiger charge is 2.24. The standard InChI is InChI=1S/C15H17NO2S/c17-15(18)7-11-5-6-16(8-11)9-12-10-19-14-4-2-1-3-13(12)14/h1-4,10-11H,5-9H2,(H,17,18). The SMILES string of the molecule is O=C(O)CC1CCN(Cc2csc3ccccc23)C1. The average molecular weight is 275 g/mol. The largest absolute Gasteiger partial charge is 0.481 e. The lowest BCUT2D eigenvalue weighted by atomic mass is 10.1. The Morgan fingerprint density at radius 3 is 3.11 bits per heavy atom. The highest BCUT2D eigenvalue weighted by Crippen LogP contribution is 2.28. The lowest BCUT2D eigenvalue weighted by Gasteiger charge is -2.15. The number of carboxylic acids is 1. The van der Waals surface area contributed by atoms with Crippen molar-refractivity contribution in [3.63, 3.8) is 0 Å². The van der Waals surface area contributed by atoms with Crippen LogP contribution < -0.4 is 0 Å². The van der Waals surface area contributed by atoms with E-state index in [2.05, 4.69) is 34.5 Å². The van der Waals surface area contributed by atoms with Crippen molar-refractivity contribution >= 4 is 27.4 Å². The summed E-state index contributed by atoms with van der Waals surface area (Å²) in [6.07, 6.45) is 1.31. The van der Waals surface area contributed by atoms with Crippen molar-refractivity contribution in [1.82, 2.24) is 4.90 Å². The zero-order chi connectivity index (χ0) is 13.2. The fraction of sp³-hybridized carbons (Fsp3) is 0.400. The number of carbonyl (C=O) groups is 1. The lowest BCUT2D eigenvalue weighted by molar-refractivity contribution is -0.138. The summed E-state index contributed by atoms with van der Waals surface area (Å²) in [5, 5.41) is 12.4. The minimum absolute atomic E-state index is 0.306. The van der Waals surface area contributed by atoms with Gasteiger partial charge in [-0.25, -0.2) is 0 Å². The fourth-order valence-corrected chi connectivity index (χ4v) is 3.82. The summed E-state index contributed by atoms with van der Waals surface area (Å²) >= 11 is 1.79. The van der Waals surface area contributed by atoms with Crippen molar-refractivity contribution in [3.8, 4) is 0 Å². The Bertz CT molecular complexity index is 593. The number of nitrogens with zero attached hydrogens (tertiary/aromatic N) is 1. The fourth-order valence-electron chi connectivity index (χ4n) is 2.87. The van der Waals surface area contributed by atoms with Gasteiger partial charge >= 0.3 is 5.97 Å². The van der Waals surface area contributed by atoms with Crippen molar-refractivity contribution in [1.29, 1.82) is 0 Å². The number of benzene rings is 1. The zero-order valence-corrected chi connectivity index (χ0v) is 11.5. The smallest absolute Gasteiger partial charge is 0.303 e. The topological polar surface area (TPSA) is 40.5 Å². The molecule has 2 heterocycles. The molecule has 3 rings (SSSR count). The molecule has 0 radical (unpaired) electrons. The normalized spacial score (nSPS) is 20.1. The predicted octanol–water partition coefficient (Wildman–Crippen LogP) is 3.20. The van der Waals surface area contributed by atoms with Crippen molar-refractivity contribution in [3.05, 3.63) is 35.2 Å². The molecule has 1 aliphatic heterocycles. The van der Waals surface area contributed by atoms with Gasteiger partial charge in [0.15, 0.2) is 0 Å². The van der Waals surface area contributed by atoms with E-state index in [0.29, 0.717) is 12.3 Å². The van der Waals surface area contributed by atoms with E-state index >= 15 is 0 Å². The number of rotatable bonds is 4. The molecule has 3 nitrogen and oxygen atoms in total. The van der Waals surface area contributed by atoms with Gasteiger partial charge in [-0.05, 0) is 41.3 Å². The molecule has 100 valence electrons. The van der Waals surface area contributed by atoms with Gasteiger partial charge in [-0.1, -0.05) is 18.2 Å². The van der Waals surface area contributed by atoms with Crippen LogP contribution in [0.5, 0.6) is 0 Å². The van der Waals surface area contributed by atoms with Crippen LogP contribution in [0.15, 0.2) is 29.6 Å². The first-order valence-corrected chi connectivity index (χ1v) is 7.49. The van der Waals surface area contributed by atoms with Gasteiger partial charge in [0.25, 0.3) is 0 Å². The van der Waals surface area contributed by atoms with Crippen LogP contribution in [0.1, 0.15) is 18.4 Å². The molecule has 4 heteroatoms. The Kier molecular flexibility index (Phi) is 3.53. The molecule has 1 N–H and O–H groups in total. The van der Waals surface area contributed by atoms with Crippen molar-refractivity contribution < 1.29 is 9.90 Å². The molecular weight excluding hydrogens is 258 g/mol. The van der Waals surface area contributed by atoms with Crippen LogP contribution in [0, 0.1) is 5.92 Å². The number of hydrogen-bond donors (Lipinski definition) is 1. The first-order valence-electron chi connectivity index (χ1n) is 6.61. The van der Waals surface area contributed by atoms with E-state index in [1.165, 1.54) is 15.6 Å². The third kappa shape index (κ3) is 2.80. The Hall–Kier alpha value is -1.39. The quantitative estimate of drug-likeness (QED) is 0.931. The lowest BCUT2D eigenvalue weighted by Crippen LogP contribution is -2.20. The van der Waals surface area contributed by atoms with Crippen LogP contribution in [-0.4, -0.2) is 29.1 Å². The van der Waals surface area contributed by atoms with Gasteiger partial charge in [-0.15, -0.1) is 11.3 Å². The molecule has 1 saturated heterocycles. The average Bonchev–Trinajstić information content (AvgIpc) is 2.97. The molecule has 1 aromatic carbocycles. The molecule has 1 aromatic heterocycles. The molecular formula is C15H17NO2S. The first kappa shape index (κ1) is 12.6. The Balaban J connectivity index is 1.68. The van der Waals surface area contributed by atoms with Gasteiger partial charge < -0.3 is 5.11 Å². The molecule has 0 aliphatic carbocycles. The van der Waals surface area contributed by atoms with Gasteiger partial charge in [0.2, 0.25) is 0 Å². The van der Waals surface area contributed by atoms with Crippen LogP contribution in [-0.2, 0) is 11.3 Å². The van der Waals surface area contributed by atoms with E-state index in [-0.39, 0.29) is 0 Å². The summed E-state index contributed by atoms with van der Waals surface area (Å²) in [5.74, 6) is -0.352. The van der Waals surface area contributed by atoms with E-state index < -0.39 is 5.97 Å². The van der Waals surface area contributed by atoms with E-state index in [9.17, 15) is 4.79 Å². The van der Waals surface area contributed by atoms with Crippen molar-refractivity contribution in [2.24, 2.45) is 5.92 Å². The molecule has 2 aromatic rings. The Morgan fingerprint density at radius 1 is 1.42 bits per heavy atom. The van der Waals surface area contributed by atoms with Gasteiger partial charge in [0.05, 0.1) is 0 Å². The van der Waals surface area contributed by atoms with Gasteiger partial charge in [-0.2, -0.15) is 0 Å². The van der Waals surface area contributed by atoms with Gasteiger partial charge in [0.1, 0.15) is 0 Å². The summed E-state index contributed by atoms with van der Waals surface area (Å²) in [6.45, 7) is 2.87. The third-order valence-electron chi connectivity index (χ3n) is 3.79. The first-order chi connectivity index (χ1) is 9.22. The molecule has 0 bridgehead atoms. The molecule has 1 unspecified atom stereocenters. The number of thiophene rings is 1. The number of hydrogen-bond acceptors (Lipinski definition) is 3. The summed E-state index contributed by atoms with van der Waals surface area (Å²) in [7, 11) is 0. The predicted molar refractivity (Wildman–Crippen MR) is 77.5 cm³/mol. The minimum Gasteiger partial charge on any atom is -0.481 e. The second-order valence-corrected chi connectivity index (χ2v) is 6.16. The van der Waals surface area contributed by atoms with Gasteiger partial charge in [0, 0.05) is 24.2 Å². The summed E-state index contributed by atoms with van der Waals surface area (Å²) in [6, 6.07) is 8.48. The number of likely N-dealkylation sites (tertiary alicyclic amines) is 1. The van der Waals surface area contributed by atoms with Crippen molar-refractivity contribution in [2.75, 3.05) is 13.1 Å². The molecule has 1 aliphatic rings. The maximum atomic E-state index is 10.7. The van der Waals surface area contributed by atoms with Crippen molar-refractivity contribution in [2.45, 2.75) is 19.4 Å². The highest BCUT2D eigenvalue weighted by molar-refractivity contribution is 7.17.